The average Bonchev–Trinajstić information content (AvgIpc) is 2.08. The van der Waals surface area contributed by atoms with Crippen LogP contribution in [0.15, 0.2) is 10.8 Å². The van der Waals surface area contributed by atoms with Gasteiger partial charge in [0, 0.05) is 0 Å². The Morgan fingerprint density at radius 3 is 3.08 bits per heavy atom. The molecule has 1 rings (SSSR count). The van der Waals surface area contributed by atoms with Gasteiger partial charge in [-0.25, -0.2) is 9.97 Å². The Labute approximate surface area is 78.3 Å². The summed E-state index contributed by atoms with van der Waals surface area (Å²) in [6.07, 6.45) is 6.31. The number of hydrogen-bond donors (Lipinski definition) is 1. The number of terminal acetylenes is 1. The monoisotopic (exact) mass is 227 g/mol. The number of hydrogen-bond acceptors (Lipinski definition) is 4. The molecule has 0 unspecified atom stereocenters. The summed E-state index contributed by atoms with van der Waals surface area (Å²) >= 11 is 3.17. The van der Waals surface area contributed by atoms with Crippen molar-refractivity contribution >= 4 is 21.7 Å². The average molecular weight is 228 g/mol. The molecule has 1 aromatic heterocycles. The van der Waals surface area contributed by atoms with Gasteiger partial charge in [0.2, 0.25) is 5.88 Å². The number of rotatable bonds is 2. The van der Waals surface area contributed by atoms with Crippen molar-refractivity contribution in [2.24, 2.45) is 0 Å². The summed E-state index contributed by atoms with van der Waals surface area (Å²) in [7, 11) is 0. The van der Waals surface area contributed by atoms with E-state index in [1.807, 2.05) is 0 Å². The molecule has 0 fully saturated rings. The highest BCUT2D eigenvalue weighted by Crippen LogP contribution is 2.25. The van der Waals surface area contributed by atoms with E-state index in [2.05, 4.69) is 31.8 Å². The molecule has 1 heterocycles. The van der Waals surface area contributed by atoms with Gasteiger partial charge in [-0.1, -0.05) is 5.92 Å². The lowest BCUT2D eigenvalue weighted by Crippen LogP contribution is -2.00. The van der Waals surface area contributed by atoms with E-state index in [1.54, 1.807) is 0 Å². The molecule has 2 N–H and O–H groups in total. The SMILES string of the molecule is C#CCOc1ncnc(N)c1Br. The van der Waals surface area contributed by atoms with Crippen molar-refractivity contribution in [3.63, 3.8) is 0 Å². The number of anilines is 1. The van der Waals surface area contributed by atoms with Crippen LogP contribution in [0, 0.1) is 12.3 Å². The highest BCUT2D eigenvalue weighted by atomic mass is 79.9. The van der Waals surface area contributed by atoms with E-state index in [0.717, 1.165) is 0 Å². The van der Waals surface area contributed by atoms with Crippen LogP contribution in [-0.4, -0.2) is 16.6 Å². The minimum Gasteiger partial charge on any atom is -0.464 e. The van der Waals surface area contributed by atoms with Crippen molar-refractivity contribution in [1.82, 2.24) is 9.97 Å². The van der Waals surface area contributed by atoms with Crippen LogP contribution in [0.3, 0.4) is 0 Å². The van der Waals surface area contributed by atoms with Crippen molar-refractivity contribution in [3.8, 4) is 18.2 Å². The second-order valence-electron chi connectivity index (χ2n) is 1.87. The molecule has 0 aliphatic heterocycles. The van der Waals surface area contributed by atoms with E-state index in [-0.39, 0.29) is 6.61 Å². The molecular weight excluding hydrogens is 222 g/mol. The predicted molar refractivity (Wildman–Crippen MR) is 48.5 cm³/mol. The lowest BCUT2D eigenvalue weighted by molar-refractivity contribution is 0.352. The zero-order valence-corrected chi connectivity index (χ0v) is 7.71. The third-order valence-corrected chi connectivity index (χ3v) is 1.82. The molecule has 62 valence electrons. The normalized spacial score (nSPS) is 9.00. The van der Waals surface area contributed by atoms with E-state index in [1.165, 1.54) is 6.33 Å². The first-order valence-corrected chi connectivity index (χ1v) is 3.87. The molecule has 0 radical (unpaired) electrons. The van der Waals surface area contributed by atoms with E-state index in [4.69, 9.17) is 16.9 Å². The van der Waals surface area contributed by atoms with Crippen LogP contribution in [0.25, 0.3) is 0 Å². The van der Waals surface area contributed by atoms with Gasteiger partial charge in [0.05, 0.1) is 0 Å². The molecule has 0 atom stereocenters. The van der Waals surface area contributed by atoms with Gasteiger partial charge in [-0.3, -0.25) is 0 Å². The molecule has 0 bridgehead atoms. The third kappa shape index (κ3) is 1.86. The van der Waals surface area contributed by atoms with Gasteiger partial charge in [-0.15, -0.1) is 6.42 Å². The van der Waals surface area contributed by atoms with Crippen molar-refractivity contribution < 1.29 is 4.74 Å². The highest BCUT2D eigenvalue weighted by molar-refractivity contribution is 9.10. The maximum atomic E-state index is 5.46. The number of aromatic nitrogens is 2. The van der Waals surface area contributed by atoms with Crippen LogP contribution >= 0.6 is 15.9 Å². The lowest BCUT2D eigenvalue weighted by atomic mass is 10.6. The molecule has 4 nitrogen and oxygen atoms in total. The fraction of sp³-hybridized carbons (Fsp3) is 0.143. The molecule has 0 aromatic carbocycles. The Morgan fingerprint density at radius 2 is 2.42 bits per heavy atom. The molecule has 0 aliphatic rings. The maximum Gasteiger partial charge on any atom is 0.234 e. The summed E-state index contributed by atoms with van der Waals surface area (Å²) in [4.78, 5) is 7.56. The summed E-state index contributed by atoms with van der Waals surface area (Å²) in [5.41, 5.74) is 5.46. The summed E-state index contributed by atoms with van der Waals surface area (Å²) in [6.45, 7) is 0.162. The summed E-state index contributed by atoms with van der Waals surface area (Å²) < 4.78 is 5.58. The zero-order valence-electron chi connectivity index (χ0n) is 6.12. The van der Waals surface area contributed by atoms with Gasteiger partial charge < -0.3 is 10.5 Å². The smallest absolute Gasteiger partial charge is 0.234 e. The minimum absolute atomic E-state index is 0.162. The topological polar surface area (TPSA) is 61.0 Å². The molecule has 12 heavy (non-hydrogen) atoms. The largest absolute Gasteiger partial charge is 0.464 e. The van der Waals surface area contributed by atoms with E-state index >= 15 is 0 Å². The van der Waals surface area contributed by atoms with Crippen molar-refractivity contribution in [2.45, 2.75) is 0 Å². The summed E-state index contributed by atoms with van der Waals surface area (Å²) in [5, 5.41) is 0. The Bertz CT molecular complexity index is 321. The number of nitrogens with two attached hydrogens (primary N) is 1. The first kappa shape index (κ1) is 8.81. The van der Waals surface area contributed by atoms with Gasteiger partial charge in [-0.05, 0) is 15.9 Å². The second-order valence-corrected chi connectivity index (χ2v) is 2.66. The molecule has 0 aliphatic carbocycles. The van der Waals surface area contributed by atoms with Crippen LogP contribution in [0.4, 0.5) is 5.82 Å². The van der Waals surface area contributed by atoms with Gasteiger partial charge >= 0.3 is 0 Å². The Balaban J connectivity index is 2.86. The molecule has 1 aromatic rings. The minimum atomic E-state index is 0.162. The van der Waals surface area contributed by atoms with Crippen LogP contribution in [0.1, 0.15) is 0 Å². The fourth-order valence-electron chi connectivity index (χ4n) is 0.577. The van der Waals surface area contributed by atoms with Crippen LogP contribution < -0.4 is 10.5 Å². The molecule has 0 spiro atoms. The highest BCUT2D eigenvalue weighted by Gasteiger charge is 2.05. The Hall–Kier alpha value is -1.28. The Kier molecular flexibility index (Phi) is 2.88. The van der Waals surface area contributed by atoms with Crippen LogP contribution in [0.2, 0.25) is 0 Å². The number of ether oxygens (including phenoxy) is 1. The predicted octanol–water partition coefficient (Wildman–Crippen LogP) is 0.833. The first-order chi connectivity index (χ1) is 5.75. The van der Waals surface area contributed by atoms with Gasteiger partial charge in [0.15, 0.2) is 6.61 Å². The lowest BCUT2D eigenvalue weighted by Gasteiger charge is -2.03. The maximum absolute atomic E-state index is 5.46. The quantitative estimate of drug-likeness (QED) is 0.761. The van der Waals surface area contributed by atoms with Crippen LogP contribution in [0.5, 0.6) is 5.88 Å². The number of nitrogens with zero attached hydrogens (tertiary/aromatic N) is 2. The standard InChI is InChI=1S/C7H6BrN3O/c1-2-3-12-7-5(8)6(9)10-4-11-7/h1,4H,3H2,(H2,9,10,11). The van der Waals surface area contributed by atoms with E-state index in [9.17, 15) is 0 Å². The van der Waals surface area contributed by atoms with Crippen molar-refractivity contribution in [3.05, 3.63) is 10.8 Å². The third-order valence-electron chi connectivity index (χ3n) is 1.08. The Morgan fingerprint density at radius 1 is 1.67 bits per heavy atom. The zero-order chi connectivity index (χ0) is 8.97. The van der Waals surface area contributed by atoms with E-state index in [0.29, 0.717) is 16.2 Å². The first-order valence-electron chi connectivity index (χ1n) is 3.08. The second kappa shape index (κ2) is 3.93. The van der Waals surface area contributed by atoms with E-state index < -0.39 is 0 Å². The summed E-state index contributed by atoms with van der Waals surface area (Å²) in [5.74, 6) is 3.01. The fourth-order valence-corrected chi connectivity index (χ4v) is 0.896. The number of nitrogen functional groups attached to an aromatic ring is 1. The summed E-state index contributed by atoms with van der Waals surface area (Å²) in [6, 6.07) is 0. The van der Waals surface area contributed by atoms with Gasteiger partial charge in [0.25, 0.3) is 0 Å². The van der Waals surface area contributed by atoms with Crippen LogP contribution in [-0.2, 0) is 0 Å². The van der Waals surface area contributed by atoms with Gasteiger partial charge in [-0.2, -0.15) is 0 Å². The molecule has 0 saturated carbocycles. The van der Waals surface area contributed by atoms with Crippen molar-refractivity contribution in [1.29, 1.82) is 0 Å². The van der Waals surface area contributed by atoms with Crippen molar-refractivity contribution in [2.75, 3.05) is 12.3 Å². The van der Waals surface area contributed by atoms with Gasteiger partial charge in [0.1, 0.15) is 16.6 Å². The molecular formula is C7H6BrN3O. The molecule has 5 heteroatoms. The molecule has 0 saturated heterocycles. The number of halogens is 1. The molecule has 0 amide bonds.